The molecule has 3 rings (SSSR count). The van der Waals surface area contributed by atoms with Crippen molar-refractivity contribution in [1.82, 2.24) is 0 Å². The van der Waals surface area contributed by atoms with Crippen LogP contribution in [0.25, 0.3) is 0 Å². The van der Waals surface area contributed by atoms with E-state index in [-0.39, 0.29) is 5.75 Å². The predicted octanol–water partition coefficient (Wildman–Crippen LogP) is 6.25. The van der Waals surface area contributed by atoms with Crippen molar-refractivity contribution in [3.63, 3.8) is 0 Å². The molecule has 0 aliphatic carbocycles. The van der Waals surface area contributed by atoms with Gasteiger partial charge in [-0.15, -0.1) is 0 Å². The highest BCUT2D eigenvalue weighted by molar-refractivity contribution is 7.99. The zero-order valence-corrected chi connectivity index (χ0v) is 19.0. The van der Waals surface area contributed by atoms with Gasteiger partial charge in [0.05, 0.1) is 17.1 Å². The van der Waals surface area contributed by atoms with Gasteiger partial charge in [0.1, 0.15) is 0 Å². The summed E-state index contributed by atoms with van der Waals surface area (Å²) in [5.41, 5.74) is 5.09. The zero-order valence-electron chi connectivity index (χ0n) is 17.4. The van der Waals surface area contributed by atoms with Crippen LogP contribution in [0.1, 0.15) is 57.1 Å². The maximum atomic E-state index is 11.3. The summed E-state index contributed by atoms with van der Waals surface area (Å²) >= 11 is 1.81. The van der Waals surface area contributed by atoms with Crippen molar-refractivity contribution in [2.45, 2.75) is 68.6 Å². The van der Waals surface area contributed by atoms with E-state index in [0.29, 0.717) is 13.0 Å². The first-order chi connectivity index (χ1) is 13.9. The fourth-order valence-corrected chi connectivity index (χ4v) is 5.55. The molecule has 2 aromatic carbocycles. The van der Waals surface area contributed by atoms with Crippen LogP contribution in [0.5, 0.6) is 0 Å². The number of unbranched alkanes of at least 4 members (excludes halogenated alkanes) is 2. The number of fused-ring (bicyclic) bond motifs is 2. The summed E-state index contributed by atoms with van der Waals surface area (Å²) in [4.78, 5) is 4.72. The van der Waals surface area contributed by atoms with Gasteiger partial charge in [-0.25, -0.2) is 0 Å². The number of rotatable bonds is 10. The Morgan fingerprint density at radius 1 is 0.966 bits per heavy atom. The molecule has 1 heterocycles. The van der Waals surface area contributed by atoms with Gasteiger partial charge in [-0.2, -0.15) is 8.42 Å². The average molecular weight is 434 g/mol. The molecule has 0 aromatic heterocycles. The SMILES string of the molecule is CCCCc1cc(CCCC)c2c(c1)Sc1ccccc1N2CCCS(=O)(=O)O. The van der Waals surface area contributed by atoms with E-state index in [9.17, 15) is 13.0 Å². The Balaban J connectivity index is 2.02. The summed E-state index contributed by atoms with van der Waals surface area (Å²) < 4.78 is 31.7. The second-order valence-electron chi connectivity index (χ2n) is 7.67. The lowest BCUT2D eigenvalue weighted by molar-refractivity contribution is 0.481. The Kier molecular flexibility index (Phi) is 7.66. The molecule has 6 heteroatoms. The standard InChI is InChI=1S/C23H31NO3S2/c1-3-5-10-18-16-19(11-6-4-2)23-22(17-18)28-21-13-8-7-12-20(21)24(23)14-9-15-29(25,26)27/h7-8,12-13,16-17H,3-6,9-11,14-15H2,1-2H3,(H,25,26,27). The van der Waals surface area contributed by atoms with E-state index >= 15 is 0 Å². The number of nitrogens with zero attached hydrogens (tertiary/aromatic N) is 1. The van der Waals surface area contributed by atoms with E-state index in [2.05, 4.69) is 43.0 Å². The maximum absolute atomic E-state index is 11.3. The summed E-state index contributed by atoms with van der Waals surface area (Å²) in [7, 11) is -3.95. The van der Waals surface area contributed by atoms with Gasteiger partial charge in [-0.3, -0.25) is 4.55 Å². The van der Waals surface area contributed by atoms with Crippen molar-refractivity contribution in [3.8, 4) is 0 Å². The Labute approximate surface area is 179 Å². The first-order valence-corrected chi connectivity index (χ1v) is 13.0. The Hall–Kier alpha value is -1.50. The Bertz CT molecular complexity index is 941. The minimum atomic E-state index is -3.95. The number of hydrogen-bond donors (Lipinski definition) is 1. The molecule has 0 bridgehead atoms. The minimum absolute atomic E-state index is 0.215. The Morgan fingerprint density at radius 3 is 2.41 bits per heavy atom. The topological polar surface area (TPSA) is 57.6 Å². The predicted molar refractivity (Wildman–Crippen MR) is 122 cm³/mol. The molecule has 29 heavy (non-hydrogen) atoms. The molecule has 0 radical (unpaired) electrons. The fourth-order valence-electron chi connectivity index (χ4n) is 3.84. The molecule has 4 nitrogen and oxygen atoms in total. The van der Waals surface area contributed by atoms with Crippen LogP contribution in [0.3, 0.4) is 0 Å². The van der Waals surface area contributed by atoms with Gasteiger partial charge >= 0.3 is 0 Å². The molecule has 0 fully saturated rings. The molecule has 1 N–H and O–H groups in total. The molecule has 1 aliphatic heterocycles. The molecule has 0 saturated heterocycles. The largest absolute Gasteiger partial charge is 0.339 e. The molecule has 0 unspecified atom stereocenters. The maximum Gasteiger partial charge on any atom is 0.264 e. The molecule has 0 atom stereocenters. The van der Waals surface area contributed by atoms with Gasteiger partial charge in [0.15, 0.2) is 0 Å². The van der Waals surface area contributed by atoms with E-state index in [1.165, 1.54) is 39.4 Å². The quantitative estimate of drug-likeness (QED) is 0.449. The van der Waals surface area contributed by atoms with Crippen molar-refractivity contribution in [2.75, 3.05) is 17.2 Å². The molecule has 0 amide bonds. The van der Waals surface area contributed by atoms with Crippen LogP contribution in [0.2, 0.25) is 0 Å². The summed E-state index contributed by atoms with van der Waals surface area (Å²) in [5.74, 6) is -0.215. The molecular formula is C23H31NO3S2. The number of hydrogen-bond acceptors (Lipinski definition) is 4. The van der Waals surface area contributed by atoms with E-state index in [1.807, 2.05) is 23.9 Å². The van der Waals surface area contributed by atoms with Crippen LogP contribution in [0.4, 0.5) is 11.4 Å². The van der Waals surface area contributed by atoms with Crippen molar-refractivity contribution in [1.29, 1.82) is 0 Å². The molecular weight excluding hydrogens is 402 g/mol. The van der Waals surface area contributed by atoms with Gasteiger partial charge in [0.25, 0.3) is 10.1 Å². The van der Waals surface area contributed by atoms with Crippen molar-refractivity contribution < 1.29 is 13.0 Å². The first-order valence-electron chi connectivity index (χ1n) is 10.6. The molecule has 1 aliphatic rings. The summed E-state index contributed by atoms with van der Waals surface area (Å²) in [6.07, 6.45) is 7.14. The lowest BCUT2D eigenvalue weighted by Crippen LogP contribution is -2.25. The van der Waals surface area contributed by atoms with Crippen LogP contribution < -0.4 is 4.90 Å². The van der Waals surface area contributed by atoms with Crippen LogP contribution >= 0.6 is 11.8 Å². The third kappa shape index (κ3) is 5.77. The van der Waals surface area contributed by atoms with Crippen LogP contribution in [-0.2, 0) is 23.0 Å². The third-order valence-electron chi connectivity index (χ3n) is 5.26. The van der Waals surface area contributed by atoms with E-state index in [0.717, 1.165) is 31.4 Å². The first kappa shape index (κ1) is 22.2. The van der Waals surface area contributed by atoms with Gasteiger partial charge in [0.2, 0.25) is 0 Å². The highest BCUT2D eigenvalue weighted by Gasteiger charge is 2.26. The van der Waals surface area contributed by atoms with Gasteiger partial charge in [0, 0.05) is 16.3 Å². The summed E-state index contributed by atoms with van der Waals surface area (Å²) in [5, 5.41) is 0. The van der Waals surface area contributed by atoms with Crippen molar-refractivity contribution in [3.05, 3.63) is 47.5 Å². The zero-order chi connectivity index (χ0) is 20.9. The van der Waals surface area contributed by atoms with Gasteiger partial charge in [-0.05, 0) is 61.4 Å². The molecule has 0 spiro atoms. The van der Waals surface area contributed by atoms with Crippen LogP contribution in [0, 0.1) is 0 Å². The number of para-hydroxylation sites is 1. The summed E-state index contributed by atoms with van der Waals surface area (Å²) in [6, 6.07) is 13.0. The minimum Gasteiger partial charge on any atom is -0.339 e. The third-order valence-corrected chi connectivity index (χ3v) is 7.16. The van der Waals surface area contributed by atoms with Gasteiger partial charge < -0.3 is 4.90 Å². The second kappa shape index (κ2) is 10.0. The van der Waals surface area contributed by atoms with E-state index < -0.39 is 10.1 Å². The monoisotopic (exact) mass is 433 g/mol. The highest BCUT2D eigenvalue weighted by atomic mass is 32.2. The lowest BCUT2D eigenvalue weighted by Gasteiger charge is -2.35. The van der Waals surface area contributed by atoms with Crippen molar-refractivity contribution in [2.24, 2.45) is 0 Å². The highest BCUT2D eigenvalue weighted by Crippen LogP contribution is 2.50. The van der Waals surface area contributed by atoms with Gasteiger partial charge in [-0.1, -0.05) is 56.7 Å². The number of anilines is 2. The van der Waals surface area contributed by atoms with E-state index in [1.54, 1.807) is 0 Å². The van der Waals surface area contributed by atoms with E-state index in [4.69, 9.17) is 0 Å². The van der Waals surface area contributed by atoms with Crippen LogP contribution in [-0.4, -0.2) is 25.3 Å². The average Bonchev–Trinajstić information content (AvgIpc) is 2.68. The van der Waals surface area contributed by atoms with Crippen LogP contribution in [0.15, 0.2) is 46.2 Å². The second-order valence-corrected chi connectivity index (χ2v) is 10.3. The number of benzene rings is 2. The Morgan fingerprint density at radius 2 is 1.69 bits per heavy atom. The smallest absolute Gasteiger partial charge is 0.264 e. The molecule has 158 valence electrons. The molecule has 2 aromatic rings. The van der Waals surface area contributed by atoms with Crippen molar-refractivity contribution >= 4 is 33.3 Å². The molecule has 0 saturated carbocycles. The fraction of sp³-hybridized carbons (Fsp3) is 0.478. The lowest BCUT2D eigenvalue weighted by atomic mass is 9.98. The summed E-state index contributed by atoms with van der Waals surface area (Å²) in [6.45, 7) is 5.00. The number of aryl methyl sites for hydroxylation is 2. The normalized spacial score (nSPS) is 13.3.